The van der Waals surface area contributed by atoms with Gasteiger partial charge in [0.1, 0.15) is 11.5 Å². The number of nitrogens with zero attached hydrogens (tertiary/aromatic N) is 1. The Kier molecular flexibility index (Phi) is 5.65. The lowest BCUT2D eigenvalue weighted by Gasteiger charge is -2.25. The average molecular weight is 430 g/mol. The van der Waals surface area contributed by atoms with Crippen LogP contribution in [0.15, 0.2) is 58.6 Å². The molecule has 0 spiro atoms. The van der Waals surface area contributed by atoms with Crippen molar-refractivity contribution in [2.45, 2.75) is 19.4 Å². The molecule has 0 aliphatic carbocycles. The maximum Gasteiger partial charge on any atom is 0.295 e. The molecule has 140 valence electrons. The molecule has 1 aliphatic heterocycles. The number of benzene rings is 2. The minimum absolute atomic E-state index is 0.101. The quantitative estimate of drug-likeness (QED) is 0.437. The molecule has 2 aromatic rings. The summed E-state index contributed by atoms with van der Waals surface area (Å²) in [6.07, 6.45) is 0.700. The Morgan fingerprint density at radius 2 is 1.89 bits per heavy atom. The van der Waals surface area contributed by atoms with Crippen LogP contribution in [-0.4, -0.2) is 35.4 Å². The van der Waals surface area contributed by atoms with Gasteiger partial charge in [-0.05, 0) is 36.2 Å². The molecule has 1 fully saturated rings. The van der Waals surface area contributed by atoms with Gasteiger partial charge in [0.2, 0.25) is 0 Å². The Labute approximate surface area is 166 Å². The molecular formula is C21H20BrNO4. The lowest BCUT2D eigenvalue weighted by molar-refractivity contribution is -0.139. The van der Waals surface area contributed by atoms with E-state index in [1.165, 1.54) is 4.90 Å². The summed E-state index contributed by atoms with van der Waals surface area (Å²) in [6.45, 7) is 2.36. The van der Waals surface area contributed by atoms with Gasteiger partial charge in [0.15, 0.2) is 0 Å². The fraction of sp³-hybridized carbons (Fsp3) is 0.238. The molecule has 1 amide bonds. The number of amides is 1. The number of methoxy groups -OCH3 is 1. The number of hydrogen-bond donors (Lipinski definition) is 1. The van der Waals surface area contributed by atoms with Gasteiger partial charge in [-0.15, -0.1) is 0 Å². The Morgan fingerprint density at radius 1 is 1.19 bits per heavy atom. The Hall–Kier alpha value is -2.60. The Bertz CT molecular complexity index is 905. The monoisotopic (exact) mass is 429 g/mol. The van der Waals surface area contributed by atoms with E-state index in [2.05, 4.69) is 15.9 Å². The van der Waals surface area contributed by atoms with Gasteiger partial charge in [-0.1, -0.05) is 47.1 Å². The van der Waals surface area contributed by atoms with E-state index in [0.717, 1.165) is 10.0 Å². The van der Waals surface area contributed by atoms with Gasteiger partial charge in [0.25, 0.3) is 11.7 Å². The lowest BCUT2D eigenvalue weighted by Crippen LogP contribution is -2.30. The van der Waals surface area contributed by atoms with Crippen LogP contribution in [0.4, 0.5) is 0 Å². The molecule has 1 N–H and O–H groups in total. The fourth-order valence-electron chi connectivity index (χ4n) is 3.27. The lowest BCUT2D eigenvalue weighted by atomic mass is 9.95. The Morgan fingerprint density at radius 3 is 2.52 bits per heavy atom. The zero-order valence-corrected chi connectivity index (χ0v) is 16.7. The average Bonchev–Trinajstić information content (AvgIpc) is 2.93. The van der Waals surface area contributed by atoms with Crippen molar-refractivity contribution in [1.29, 1.82) is 0 Å². The molecule has 0 saturated carbocycles. The van der Waals surface area contributed by atoms with Crippen molar-refractivity contribution >= 4 is 33.4 Å². The maximum atomic E-state index is 12.8. The summed E-state index contributed by atoms with van der Waals surface area (Å²) in [5.41, 5.74) is 1.31. The topological polar surface area (TPSA) is 66.8 Å². The SMILES string of the molecule is CCCN1C(=O)C(=O)/C(=C(\O)c2ccc(Br)cc2)C1c1cccc(OC)c1. The summed E-state index contributed by atoms with van der Waals surface area (Å²) < 4.78 is 6.14. The number of halogens is 1. The number of aliphatic hydroxyl groups is 1. The van der Waals surface area contributed by atoms with Gasteiger partial charge in [-0.3, -0.25) is 9.59 Å². The smallest absolute Gasteiger partial charge is 0.295 e. The number of rotatable bonds is 5. The van der Waals surface area contributed by atoms with Crippen LogP contribution >= 0.6 is 15.9 Å². The second-order valence-electron chi connectivity index (χ2n) is 6.28. The predicted molar refractivity (Wildman–Crippen MR) is 106 cm³/mol. The van der Waals surface area contributed by atoms with Crippen LogP contribution in [0.5, 0.6) is 5.75 Å². The number of hydrogen-bond acceptors (Lipinski definition) is 4. The summed E-state index contributed by atoms with van der Waals surface area (Å²) in [4.78, 5) is 26.9. The van der Waals surface area contributed by atoms with E-state index in [0.29, 0.717) is 24.3 Å². The summed E-state index contributed by atoms with van der Waals surface area (Å²) in [7, 11) is 1.56. The van der Waals surface area contributed by atoms with Crippen LogP contribution in [0.1, 0.15) is 30.5 Å². The van der Waals surface area contributed by atoms with Gasteiger partial charge in [0, 0.05) is 16.6 Å². The fourth-order valence-corrected chi connectivity index (χ4v) is 3.54. The molecule has 0 radical (unpaired) electrons. The third-order valence-electron chi connectivity index (χ3n) is 4.53. The summed E-state index contributed by atoms with van der Waals surface area (Å²) in [5, 5.41) is 10.9. The molecular weight excluding hydrogens is 410 g/mol. The summed E-state index contributed by atoms with van der Waals surface area (Å²) in [5.74, 6) is -0.814. The molecule has 1 atom stereocenters. The number of Topliss-reactive ketones (excluding diaryl/α,β-unsaturated/α-hetero) is 1. The van der Waals surface area contributed by atoms with E-state index < -0.39 is 17.7 Å². The van der Waals surface area contributed by atoms with E-state index in [1.807, 2.05) is 13.0 Å². The van der Waals surface area contributed by atoms with Crippen molar-refractivity contribution in [1.82, 2.24) is 4.90 Å². The van der Waals surface area contributed by atoms with Crippen LogP contribution in [0.2, 0.25) is 0 Å². The first-order chi connectivity index (χ1) is 13.0. The van der Waals surface area contributed by atoms with Gasteiger partial charge in [-0.25, -0.2) is 0 Å². The highest BCUT2D eigenvalue weighted by Gasteiger charge is 2.45. The molecule has 2 aromatic carbocycles. The maximum absolute atomic E-state index is 12.8. The van der Waals surface area contributed by atoms with Crippen LogP contribution in [0.25, 0.3) is 5.76 Å². The highest BCUT2D eigenvalue weighted by molar-refractivity contribution is 9.10. The first-order valence-corrected chi connectivity index (χ1v) is 9.45. The number of carbonyl (C=O) groups is 2. The highest BCUT2D eigenvalue weighted by Crippen LogP contribution is 2.40. The predicted octanol–water partition coefficient (Wildman–Crippen LogP) is 4.29. The highest BCUT2D eigenvalue weighted by atomic mass is 79.9. The van der Waals surface area contributed by atoms with Crippen LogP contribution in [-0.2, 0) is 9.59 Å². The zero-order chi connectivity index (χ0) is 19.6. The van der Waals surface area contributed by atoms with Crippen molar-refractivity contribution in [3.63, 3.8) is 0 Å². The van der Waals surface area contributed by atoms with E-state index in [-0.39, 0.29) is 11.3 Å². The second-order valence-corrected chi connectivity index (χ2v) is 7.19. The van der Waals surface area contributed by atoms with Crippen LogP contribution in [0.3, 0.4) is 0 Å². The molecule has 6 heteroatoms. The van der Waals surface area contributed by atoms with Gasteiger partial charge in [-0.2, -0.15) is 0 Å². The molecule has 5 nitrogen and oxygen atoms in total. The van der Waals surface area contributed by atoms with E-state index >= 15 is 0 Å². The molecule has 0 bridgehead atoms. The van der Waals surface area contributed by atoms with Crippen LogP contribution < -0.4 is 4.74 Å². The van der Waals surface area contributed by atoms with Gasteiger partial charge >= 0.3 is 0 Å². The minimum Gasteiger partial charge on any atom is -0.507 e. The number of aliphatic hydroxyl groups excluding tert-OH is 1. The normalized spacial score (nSPS) is 18.8. The second kappa shape index (κ2) is 7.96. The largest absolute Gasteiger partial charge is 0.507 e. The van der Waals surface area contributed by atoms with Crippen molar-refractivity contribution < 1.29 is 19.4 Å². The first-order valence-electron chi connectivity index (χ1n) is 8.66. The molecule has 1 unspecified atom stereocenters. The van der Waals surface area contributed by atoms with Crippen molar-refractivity contribution in [2.24, 2.45) is 0 Å². The van der Waals surface area contributed by atoms with Gasteiger partial charge in [0.05, 0.1) is 18.7 Å². The third kappa shape index (κ3) is 3.62. The van der Waals surface area contributed by atoms with Gasteiger partial charge < -0.3 is 14.7 Å². The standard InChI is InChI=1S/C21H20BrNO4/c1-3-11-23-18(14-5-4-6-16(12-14)27-2)17(20(25)21(23)26)19(24)13-7-9-15(22)10-8-13/h4-10,12,18,24H,3,11H2,1-2H3/b19-17-. The Balaban J connectivity index is 2.18. The van der Waals surface area contributed by atoms with E-state index in [9.17, 15) is 14.7 Å². The third-order valence-corrected chi connectivity index (χ3v) is 5.06. The van der Waals surface area contributed by atoms with E-state index in [4.69, 9.17) is 4.74 Å². The first kappa shape index (κ1) is 19.2. The molecule has 1 aliphatic rings. The number of likely N-dealkylation sites (tertiary alicyclic amines) is 1. The number of carbonyl (C=O) groups excluding carboxylic acids is 2. The minimum atomic E-state index is -0.670. The number of ether oxygens (including phenoxy) is 1. The van der Waals surface area contributed by atoms with Crippen LogP contribution in [0, 0.1) is 0 Å². The molecule has 27 heavy (non-hydrogen) atoms. The molecule has 0 aromatic heterocycles. The zero-order valence-electron chi connectivity index (χ0n) is 15.1. The molecule has 1 heterocycles. The molecule has 3 rings (SSSR count). The number of ketones is 1. The molecule has 1 saturated heterocycles. The van der Waals surface area contributed by atoms with Crippen molar-refractivity contribution in [2.75, 3.05) is 13.7 Å². The summed E-state index contributed by atoms with van der Waals surface area (Å²) in [6, 6.07) is 13.5. The van der Waals surface area contributed by atoms with Crippen molar-refractivity contribution in [3.8, 4) is 5.75 Å². The summed E-state index contributed by atoms with van der Waals surface area (Å²) >= 11 is 3.35. The van der Waals surface area contributed by atoms with E-state index in [1.54, 1.807) is 49.6 Å². The van der Waals surface area contributed by atoms with Crippen molar-refractivity contribution in [3.05, 3.63) is 69.7 Å².